The number of nitrogens with one attached hydrogen (secondary N) is 1. The van der Waals surface area contributed by atoms with Gasteiger partial charge in [-0.15, -0.1) is 0 Å². The molecule has 4 heteroatoms. The Kier molecular flexibility index (Phi) is 3.13. The highest BCUT2D eigenvalue weighted by Crippen LogP contribution is 2.21. The predicted octanol–water partition coefficient (Wildman–Crippen LogP) is 2.13. The molecule has 0 saturated carbocycles. The summed E-state index contributed by atoms with van der Waals surface area (Å²) < 4.78 is 5.19. The van der Waals surface area contributed by atoms with E-state index in [1.54, 1.807) is 7.11 Å². The molecule has 0 atom stereocenters. The summed E-state index contributed by atoms with van der Waals surface area (Å²) in [6, 6.07) is 5.54. The van der Waals surface area contributed by atoms with E-state index < -0.39 is 0 Å². The third-order valence-electron chi connectivity index (χ3n) is 2.62. The lowest BCUT2D eigenvalue weighted by Gasteiger charge is -2.09. The molecule has 0 bridgehead atoms. The van der Waals surface area contributed by atoms with Crippen molar-refractivity contribution >= 4 is 10.9 Å². The summed E-state index contributed by atoms with van der Waals surface area (Å²) in [4.78, 5) is 18.2. The Morgan fingerprint density at radius 2 is 2.18 bits per heavy atom. The molecule has 0 saturated heterocycles. The van der Waals surface area contributed by atoms with E-state index >= 15 is 0 Å². The van der Waals surface area contributed by atoms with Gasteiger partial charge in [0.1, 0.15) is 5.75 Å². The molecule has 1 aromatic heterocycles. The van der Waals surface area contributed by atoms with Gasteiger partial charge in [-0.2, -0.15) is 4.98 Å². The van der Waals surface area contributed by atoms with Crippen LogP contribution in [-0.4, -0.2) is 17.1 Å². The van der Waals surface area contributed by atoms with E-state index in [-0.39, 0.29) is 5.69 Å². The van der Waals surface area contributed by atoms with Crippen molar-refractivity contribution < 1.29 is 4.74 Å². The molecular weight excluding hydrogens is 216 g/mol. The van der Waals surface area contributed by atoms with Crippen LogP contribution in [0.25, 0.3) is 10.9 Å². The normalized spacial score (nSPS) is 11.1. The lowest BCUT2D eigenvalue weighted by molar-refractivity contribution is 0.415. The van der Waals surface area contributed by atoms with Crippen molar-refractivity contribution in [2.24, 2.45) is 5.92 Å². The van der Waals surface area contributed by atoms with E-state index in [1.165, 1.54) is 0 Å². The molecule has 1 aromatic carbocycles. The highest BCUT2D eigenvalue weighted by Gasteiger charge is 2.07. The standard InChI is InChI=1S/C13H16N2O2/c1-8(2)6-12-10-7-9(17-3)4-5-11(10)14-13(16)15-12/h4-5,7-8H,6H2,1-3H3,(H,14,15,16). The molecule has 2 rings (SSSR count). The minimum absolute atomic E-state index is 0.293. The van der Waals surface area contributed by atoms with Crippen molar-refractivity contribution in [1.82, 2.24) is 9.97 Å². The van der Waals surface area contributed by atoms with E-state index in [1.807, 2.05) is 18.2 Å². The van der Waals surface area contributed by atoms with Crippen LogP contribution in [0, 0.1) is 5.92 Å². The van der Waals surface area contributed by atoms with Crippen LogP contribution in [0.5, 0.6) is 5.75 Å². The van der Waals surface area contributed by atoms with Crippen molar-refractivity contribution in [2.75, 3.05) is 7.11 Å². The van der Waals surface area contributed by atoms with E-state index in [0.717, 1.165) is 23.3 Å². The van der Waals surface area contributed by atoms with Crippen molar-refractivity contribution in [2.45, 2.75) is 20.3 Å². The molecule has 90 valence electrons. The lowest BCUT2D eigenvalue weighted by Crippen LogP contribution is -2.14. The van der Waals surface area contributed by atoms with Crippen LogP contribution in [0.1, 0.15) is 19.5 Å². The van der Waals surface area contributed by atoms with Gasteiger partial charge in [0.15, 0.2) is 0 Å². The summed E-state index contributed by atoms with van der Waals surface area (Å²) in [6.45, 7) is 4.23. The molecule has 4 nitrogen and oxygen atoms in total. The molecule has 0 fully saturated rings. The summed E-state index contributed by atoms with van der Waals surface area (Å²) in [5.41, 5.74) is 1.34. The zero-order chi connectivity index (χ0) is 12.4. The third kappa shape index (κ3) is 2.46. The molecule has 0 aliphatic carbocycles. The zero-order valence-corrected chi connectivity index (χ0v) is 10.3. The smallest absolute Gasteiger partial charge is 0.345 e. The van der Waals surface area contributed by atoms with Crippen LogP contribution in [0.4, 0.5) is 0 Å². The summed E-state index contributed by atoms with van der Waals surface area (Å²) >= 11 is 0. The third-order valence-corrected chi connectivity index (χ3v) is 2.62. The van der Waals surface area contributed by atoms with Gasteiger partial charge in [-0.25, -0.2) is 4.79 Å². The van der Waals surface area contributed by atoms with Crippen LogP contribution in [0.15, 0.2) is 23.0 Å². The van der Waals surface area contributed by atoms with Crippen LogP contribution >= 0.6 is 0 Å². The first-order valence-electron chi connectivity index (χ1n) is 5.67. The summed E-state index contributed by atoms with van der Waals surface area (Å²) in [5.74, 6) is 1.25. The number of rotatable bonds is 3. The Hall–Kier alpha value is -1.84. The minimum Gasteiger partial charge on any atom is -0.497 e. The first-order valence-corrected chi connectivity index (χ1v) is 5.67. The van der Waals surface area contributed by atoms with Gasteiger partial charge in [-0.3, -0.25) is 0 Å². The molecule has 1 N–H and O–H groups in total. The minimum atomic E-state index is -0.293. The number of hydrogen-bond donors (Lipinski definition) is 1. The van der Waals surface area contributed by atoms with Gasteiger partial charge in [0, 0.05) is 11.1 Å². The number of methoxy groups -OCH3 is 1. The molecule has 0 unspecified atom stereocenters. The maximum Gasteiger partial charge on any atom is 0.345 e. The van der Waals surface area contributed by atoms with Gasteiger partial charge in [0.25, 0.3) is 0 Å². The Morgan fingerprint density at radius 1 is 1.41 bits per heavy atom. The molecule has 0 spiro atoms. The fourth-order valence-corrected chi connectivity index (χ4v) is 1.88. The van der Waals surface area contributed by atoms with E-state index in [4.69, 9.17) is 4.74 Å². The lowest BCUT2D eigenvalue weighted by atomic mass is 10.0. The maximum atomic E-state index is 11.4. The van der Waals surface area contributed by atoms with Gasteiger partial charge in [-0.1, -0.05) is 13.8 Å². The van der Waals surface area contributed by atoms with E-state index in [0.29, 0.717) is 11.4 Å². The molecule has 0 radical (unpaired) electrons. The number of ether oxygens (including phenoxy) is 1. The number of aromatic amines is 1. The Balaban J connectivity index is 2.66. The summed E-state index contributed by atoms with van der Waals surface area (Å²) in [7, 11) is 1.63. The second-order valence-corrected chi connectivity index (χ2v) is 4.50. The fraction of sp³-hybridized carbons (Fsp3) is 0.385. The first-order chi connectivity index (χ1) is 8.10. The number of nitrogens with zero attached hydrogens (tertiary/aromatic N) is 1. The first kappa shape index (κ1) is 11.6. The van der Waals surface area contributed by atoms with Crippen LogP contribution in [-0.2, 0) is 6.42 Å². The SMILES string of the molecule is COc1ccc2nc(=O)[nH]c(CC(C)C)c2c1. The van der Waals surface area contributed by atoms with Gasteiger partial charge < -0.3 is 9.72 Å². The second kappa shape index (κ2) is 4.57. The van der Waals surface area contributed by atoms with Gasteiger partial charge >= 0.3 is 5.69 Å². The number of aromatic nitrogens is 2. The highest BCUT2D eigenvalue weighted by molar-refractivity contribution is 5.82. The number of hydrogen-bond acceptors (Lipinski definition) is 3. The summed E-state index contributed by atoms with van der Waals surface area (Å²) in [6.07, 6.45) is 0.821. The monoisotopic (exact) mass is 232 g/mol. The van der Waals surface area contributed by atoms with Crippen molar-refractivity contribution in [3.05, 3.63) is 34.4 Å². The Labute approximate surface area is 99.7 Å². The number of H-pyrrole nitrogens is 1. The maximum absolute atomic E-state index is 11.4. The van der Waals surface area contributed by atoms with E-state index in [9.17, 15) is 4.79 Å². The predicted molar refractivity (Wildman–Crippen MR) is 67.5 cm³/mol. The average Bonchev–Trinajstić information content (AvgIpc) is 2.27. The molecule has 17 heavy (non-hydrogen) atoms. The van der Waals surface area contributed by atoms with E-state index in [2.05, 4.69) is 23.8 Å². The van der Waals surface area contributed by atoms with Crippen molar-refractivity contribution in [3.63, 3.8) is 0 Å². The molecule has 0 aliphatic rings. The molecule has 0 aliphatic heterocycles. The molecule has 2 aromatic rings. The van der Waals surface area contributed by atoms with Gasteiger partial charge in [0.05, 0.1) is 12.6 Å². The Morgan fingerprint density at radius 3 is 2.82 bits per heavy atom. The number of benzene rings is 1. The van der Waals surface area contributed by atoms with Crippen LogP contribution in [0.2, 0.25) is 0 Å². The van der Waals surface area contributed by atoms with Crippen LogP contribution in [0.3, 0.4) is 0 Å². The molecule has 1 heterocycles. The zero-order valence-electron chi connectivity index (χ0n) is 10.3. The molecular formula is C13H16N2O2. The quantitative estimate of drug-likeness (QED) is 0.882. The average molecular weight is 232 g/mol. The van der Waals surface area contributed by atoms with Gasteiger partial charge in [-0.05, 0) is 30.5 Å². The molecule has 0 amide bonds. The van der Waals surface area contributed by atoms with Crippen molar-refractivity contribution in [3.8, 4) is 5.75 Å². The largest absolute Gasteiger partial charge is 0.497 e. The summed E-state index contributed by atoms with van der Waals surface area (Å²) in [5, 5.41) is 0.956. The van der Waals surface area contributed by atoms with Gasteiger partial charge in [0.2, 0.25) is 0 Å². The second-order valence-electron chi connectivity index (χ2n) is 4.50. The van der Waals surface area contributed by atoms with Crippen molar-refractivity contribution in [1.29, 1.82) is 0 Å². The highest BCUT2D eigenvalue weighted by atomic mass is 16.5. The fourth-order valence-electron chi connectivity index (χ4n) is 1.88. The topological polar surface area (TPSA) is 55.0 Å². The Bertz CT molecular complexity index is 587. The van der Waals surface area contributed by atoms with Crippen LogP contribution < -0.4 is 10.4 Å². The number of fused-ring (bicyclic) bond motifs is 1.